The van der Waals surface area contributed by atoms with E-state index in [0.29, 0.717) is 0 Å². The van der Waals surface area contributed by atoms with Crippen LogP contribution >= 0.6 is 0 Å². The lowest BCUT2D eigenvalue weighted by atomic mass is 9.94. The second-order valence-electron chi connectivity index (χ2n) is 6.02. The zero-order valence-electron chi connectivity index (χ0n) is 11.8. The van der Waals surface area contributed by atoms with Crippen LogP contribution in [-0.4, -0.2) is 35.6 Å². The molecule has 0 saturated carbocycles. The zero-order valence-corrected chi connectivity index (χ0v) is 11.8. The SMILES string of the molecule is CCCC(C)N1CC(C)(C)NCC1CCC. The summed E-state index contributed by atoms with van der Waals surface area (Å²) in [7, 11) is 0. The van der Waals surface area contributed by atoms with Crippen LogP contribution in [0.15, 0.2) is 0 Å². The topological polar surface area (TPSA) is 15.3 Å². The lowest BCUT2D eigenvalue weighted by molar-refractivity contribution is 0.0522. The van der Waals surface area contributed by atoms with Gasteiger partial charge < -0.3 is 5.32 Å². The number of nitrogens with zero attached hydrogens (tertiary/aromatic N) is 1. The zero-order chi connectivity index (χ0) is 12.2. The van der Waals surface area contributed by atoms with Gasteiger partial charge in [0.25, 0.3) is 0 Å². The highest BCUT2D eigenvalue weighted by molar-refractivity contribution is 4.93. The van der Waals surface area contributed by atoms with Crippen molar-refractivity contribution < 1.29 is 0 Å². The van der Waals surface area contributed by atoms with Crippen LogP contribution in [-0.2, 0) is 0 Å². The summed E-state index contributed by atoms with van der Waals surface area (Å²) in [5, 5.41) is 3.68. The highest BCUT2D eigenvalue weighted by Crippen LogP contribution is 2.22. The minimum atomic E-state index is 0.284. The molecule has 1 aliphatic rings. The average Bonchev–Trinajstić information content (AvgIpc) is 2.21. The third-order valence-corrected chi connectivity index (χ3v) is 3.76. The summed E-state index contributed by atoms with van der Waals surface area (Å²) < 4.78 is 0. The van der Waals surface area contributed by atoms with E-state index in [1.165, 1.54) is 32.2 Å². The normalized spacial score (nSPS) is 27.9. The van der Waals surface area contributed by atoms with Crippen molar-refractivity contribution in [2.24, 2.45) is 0 Å². The molecule has 2 unspecified atom stereocenters. The number of hydrogen-bond donors (Lipinski definition) is 1. The summed E-state index contributed by atoms with van der Waals surface area (Å²) in [5.74, 6) is 0. The maximum atomic E-state index is 3.68. The lowest BCUT2D eigenvalue weighted by Gasteiger charge is -2.47. The highest BCUT2D eigenvalue weighted by atomic mass is 15.3. The van der Waals surface area contributed by atoms with Crippen LogP contribution in [0.4, 0.5) is 0 Å². The van der Waals surface area contributed by atoms with Crippen LogP contribution in [0, 0.1) is 0 Å². The van der Waals surface area contributed by atoms with Crippen LogP contribution < -0.4 is 5.32 Å². The van der Waals surface area contributed by atoms with Gasteiger partial charge in [-0.3, -0.25) is 4.90 Å². The Morgan fingerprint density at radius 1 is 1.31 bits per heavy atom. The van der Waals surface area contributed by atoms with Crippen LogP contribution in [0.25, 0.3) is 0 Å². The molecular formula is C14H30N2. The summed E-state index contributed by atoms with van der Waals surface area (Å²) in [5.41, 5.74) is 0.284. The second kappa shape index (κ2) is 6.02. The molecule has 0 aliphatic carbocycles. The molecule has 2 nitrogen and oxygen atoms in total. The molecule has 0 amide bonds. The molecule has 0 radical (unpaired) electrons. The van der Waals surface area contributed by atoms with Gasteiger partial charge in [0, 0.05) is 30.7 Å². The van der Waals surface area contributed by atoms with E-state index in [-0.39, 0.29) is 5.54 Å². The van der Waals surface area contributed by atoms with Gasteiger partial charge in [0.05, 0.1) is 0 Å². The van der Waals surface area contributed by atoms with Crippen molar-refractivity contribution in [1.82, 2.24) is 10.2 Å². The van der Waals surface area contributed by atoms with E-state index in [4.69, 9.17) is 0 Å². The van der Waals surface area contributed by atoms with Crippen molar-refractivity contribution in [3.05, 3.63) is 0 Å². The van der Waals surface area contributed by atoms with Gasteiger partial charge in [-0.05, 0) is 33.6 Å². The Balaban J connectivity index is 2.63. The molecule has 0 aromatic rings. The molecular weight excluding hydrogens is 196 g/mol. The van der Waals surface area contributed by atoms with E-state index in [2.05, 4.69) is 44.8 Å². The van der Waals surface area contributed by atoms with Crippen molar-refractivity contribution in [2.45, 2.75) is 77.9 Å². The molecule has 96 valence electrons. The van der Waals surface area contributed by atoms with Crippen LogP contribution in [0.2, 0.25) is 0 Å². The predicted molar refractivity (Wildman–Crippen MR) is 71.9 cm³/mol. The number of hydrogen-bond acceptors (Lipinski definition) is 2. The van der Waals surface area contributed by atoms with E-state index >= 15 is 0 Å². The Hall–Kier alpha value is -0.0800. The van der Waals surface area contributed by atoms with E-state index in [9.17, 15) is 0 Å². The first-order valence-electron chi connectivity index (χ1n) is 7.01. The predicted octanol–water partition coefficient (Wildman–Crippen LogP) is 3.03. The Morgan fingerprint density at radius 3 is 2.56 bits per heavy atom. The van der Waals surface area contributed by atoms with Crippen LogP contribution in [0.3, 0.4) is 0 Å². The Kier molecular flexibility index (Phi) is 5.26. The van der Waals surface area contributed by atoms with Crippen molar-refractivity contribution >= 4 is 0 Å². The molecule has 0 bridgehead atoms. The third kappa shape index (κ3) is 3.74. The van der Waals surface area contributed by atoms with Crippen LogP contribution in [0.5, 0.6) is 0 Å². The van der Waals surface area contributed by atoms with E-state index in [0.717, 1.165) is 18.6 Å². The lowest BCUT2D eigenvalue weighted by Crippen LogP contribution is -2.63. The summed E-state index contributed by atoms with van der Waals surface area (Å²) in [4.78, 5) is 2.74. The number of nitrogens with one attached hydrogen (secondary N) is 1. The van der Waals surface area contributed by atoms with Gasteiger partial charge in [0.1, 0.15) is 0 Å². The largest absolute Gasteiger partial charge is 0.309 e. The summed E-state index contributed by atoms with van der Waals surface area (Å²) >= 11 is 0. The molecule has 1 saturated heterocycles. The van der Waals surface area contributed by atoms with E-state index < -0.39 is 0 Å². The summed E-state index contributed by atoms with van der Waals surface area (Å²) in [6, 6.07) is 1.49. The molecule has 0 spiro atoms. The maximum absolute atomic E-state index is 3.68. The van der Waals surface area contributed by atoms with E-state index in [1.807, 2.05) is 0 Å². The fourth-order valence-corrected chi connectivity index (χ4v) is 2.85. The first-order valence-corrected chi connectivity index (χ1v) is 7.01. The quantitative estimate of drug-likeness (QED) is 0.775. The van der Waals surface area contributed by atoms with E-state index in [1.54, 1.807) is 0 Å². The standard InChI is InChI=1S/C14H30N2/c1-6-8-12(3)16-11-14(4,5)15-10-13(16)9-7-2/h12-13,15H,6-11H2,1-5H3. The monoisotopic (exact) mass is 226 g/mol. The van der Waals surface area contributed by atoms with Gasteiger partial charge in [0.15, 0.2) is 0 Å². The number of rotatable bonds is 5. The smallest absolute Gasteiger partial charge is 0.0253 e. The van der Waals surface area contributed by atoms with Gasteiger partial charge >= 0.3 is 0 Å². The minimum absolute atomic E-state index is 0.284. The molecule has 16 heavy (non-hydrogen) atoms. The fourth-order valence-electron chi connectivity index (χ4n) is 2.85. The molecule has 2 atom stereocenters. The average molecular weight is 226 g/mol. The first kappa shape index (κ1) is 14.0. The van der Waals surface area contributed by atoms with Crippen LogP contribution in [0.1, 0.15) is 60.3 Å². The Morgan fingerprint density at radius 2 is 2.00 bits per heavy atom. The fraction of sp³-hybridized carbons (Fsp3) is 1.00. The molecule has 1 rings (SSSR count). The summed E-state index contributed by atoms with van der Waals surface area (Å²) in [6.45, 7) is 14.0. The van der Waals surface area contributed by atoms with Crippen molar-refractivity contribution in [1.29, 1.82) is 0 Å². The first-order chi connectivity index (χ1) is 7.50. The molecule has 1 aliphatic heterocycles. The number of piperazine rings is 1. The Bertz CT molecular complexity index is 201. The summed E-state index contributed by atoms with van der Waals surface area (Å²) in [6.07, 6.45) is 5.25. The molecule has 1 N–H and O–H groups in total. The molecule has 1 heterocycles. The van der Waals surface area contributed by atoms with Crippen molar-refractivity contribution in [3.63, 3.8) is 0 Å². The van der Waals surface area contributed by atoms with Gasteiger partial charge in [-0.25, -0.2) is 0 Å². The Labute approximate surface area is 102 Å². The minimum Gasteiger partial charge on any atom is -0.309 e. The molecule has 0 aromatic carbocycles. The van der Waals surface area contributed by atoms with Gasteiger partial charge in [-0.1, -0.05) is 26.7 Å². The molecule has 2 heteroatoms. The highest BCUT2D eigenvalue weighted by Gasteiger charge is 2.33. The van der Waals surface area contributed by atoms with Gasteiger partial charge in [-0.15, -0.1) is 0 Å². The maximum Gasteiger partial charge on any atom is 0.0253 e. The third-order valence-electron chi connectivity index (χ3n) is 3.76. The van der Waals surface area contributed by atoms with Crippen molar-refractivity contribution in [3.8, 4) is 0 Å². The molecule has 1 fully saturated rings. The van der Waals surface area contributed by atoms with Gasteiger partial charge in [0.2, 0.25) is 0 Å². The second-order valence-corrected chi connectivity index (χ2v) is 6.02. The molecule has 0 aromatic heterocycles. The van der Waals surface area contributed by atoms with Crippen molar-refractivity contribution in [2.75, 3.05) is 13.1 Å². The van der Waals surface area contributed by atoms with Gasteiger partial charge in [-0.2, -0.15) is 0 Å².